The van der Waals surface area contributed by atoms with E-state index in [9.17, 15) is 13.2 Å². The Morgan fingerprint density at radius 1 is 1.03 bits per heavy atom. The summed E-state index contributed by atoms with van der Waals surface area (Å²) in [6.07, 6.45) is 5.34. The molecule has 0 saturated carbocycles. The first kappa shape index (κ1) is 28.4. The number of piperidine rings is 1. The number of fused-ring (bicyclic) bond motifs is 1. The largest absolute Gasteiger partial charge is 0.349 e. The Labute approximate surface area is 231 Å². The van der Waals surface area contributed by atoms with Gasteiger partial charge in [-0.25, -0.2) is 8.42 Å². The molecule has 1 fully saturated rings. The van der Waals surface area contributed by atoms with Crippen LogP contribution < -0.4 is 10.6 Å². The van der Waals surface area contributed by atoms with Gasteiger partial charge >= 0.3 is 0 Å². The van der Waals surface area contributed by atoms with E-state index in [0.29, 0.717) is 18.0 Å². The molecule has 2 unspecified atom stereocenters. The number of hydrogen-bond acceptors (Lipinski definition) is 4. The molecule has 1 saturated heterocycles. The lowest BCUT2D eigenvalue weighted by Crippen LogP contribution is -2.46. The van der Waals surface area contributed by atoms with Crippen LogP contribution in [0.15, 0.2) is 41.3 Å². The molecule has 6 nitrogen and oxygen atoms in total. The highest BCUT2D eigenvalue weighted by atomic mass is 35.5. The van der Waals surface area contributed by atoms with Crippen molar-refractivity contribution >= 4 is 39.1 Å². The molecule has 2 N–H and O–H groups in total. The fraction of sp³-hybridized carbons (Fsp3) is 0.536. The van der Waals surface area contributed by atoms with Crippen LogP contribution in [0.5, 0.6) is 0 Å². The summed E-state index contributed by atoms with van der Waals surface area (Å²) in [5, 5.41) is 7.24. The molecule has 0 aromatic heterocycles. The Bertz CT molecular complexity index is 1240. The van der Waals surface area contributed by atoms with E-state index in [1.807, 2.05) is 0 Å². The van der Waals surface area contributed by atoms with Crippen molar-refractivity contribution in [1.29, 1.82) is 0 Å². The Morgan fingerprint density at radius 2 is 1.81 bits per heavy atom. The van der Waals surface area contributed by atoms with Crippen molar-refractivity contribution in [2.75, 3.05) is 6.54 Å². The molecule has 37 heavy (non-hydrogen) atoms. The maximum absolute atomic E-state index is 13.4. The van der Waals surface area contributed by atoms with Crippen LogP contribution in [0.1, 0.15) is 82.0 Å². The van der Waals surface area contributed by atoms with Crippen LogP contribution in [0.3, 0.4) is 0 Å². The number of benzene rings is 2. The number of amides is 1. The van der Waals surface area contributed by atoms with E-state index in [4.69, 9.17) is 23.2 Å². The molecule has 4 rings (SSSR count). The first-order chi connectivity index (χ1) is 17.4. The molecule has 9 heteroatoms. The van der Waals surface area contributed by atoms with Gasteiger partial charge in [0.2, 0.25) is 15.9 Å². The Kier molecular flexibility index (Phi) is 8.91. The lowest BCUT2D eigenvalue weighted by molar-refractivity contribution is -0.123. The molecule has 1 heterocycles. The molecule has 202 valence electrons. The van der Waals surface area contributed by atoms with E-state index < -0.39 is 10.0 Å². The van der Waals surface area contributed by atoms with E-state index >= 15 is 0 Å². The van der Waals surface area contributed by atoms with Gasteiger partial charge in [-0.15, -0.1) is 0 Å². The van der Waals surface area contributed by atoms with Crippen LogP contribution in [-0.2, 0) is 27.8 Å². The molecule has 0 radical (unpaired) electrons. The lowest BCUT2D eigenvalue weighted by Gasteiger charge is -2.35. The van der Waals surface area contributed by atoms with Gasteiger partial charge in [-0.2, -0.15) is 4.31 Å². The zero-order chi connectivity index (χ0) is 26.8. The van der Waals surface area contributed by atoms with Crippen LogP contribution in [0.4, 0.5) is 0 Å². The number of nitrogens with one attached hydrogen (secondary N) is 2. The summed E-state index contributed by atoms with van der Waals surface area (Å²) >= 11 is 12.1. The fourth-order valence-electron chi connectivity index (χ4n) is 5.23. The van der Waals surface area contributed by atoms with E-state index in [0.717, 1.165) is 38.6 Å². The number of nitrogens with zero attached hydrogens (tertiary/aromatic N) is 1. The summed E-state index contributed by atoms with van der Waals surface area (Å²) in [5.41, 5.74) is 3.74. The predicted molar refractivity (Wildman–Crippen MR) is 149 cm³/mol. The fourth-order valence-corrected chi connectivity index (χ4v) is 7.31. The van der Waals surface area contributed by atoms with Crippen LogP contribution in [0.25, 0.3) is 0 Å². The van der Waals surface area contributed by atoms with Crippen LogP contribution in [0, 0.1) is 0 Å². The normalized spacial score (nSPS) is 20.9. The van der Waals surface area contributed by atoms with Gasteiger partial charge < -0.3 is 10.6 Å². The summed E-state index contributed by atoms with van der Waals surface area (Å²) in [7, 11) is -3.79. The highest BCUT2D eigenvalue weighted by Gasteiger charge is 2.35. The van der Waals surface area contributed by atoms with Gasteiger partial charge in [0.05, 0.1) is 21.0 Å². The van der Waals surface area contributed by atoms with Crippen molar-refractivity contribution in [2.45, 2.75) is 94.8 Å². The summed E-state index contributed by atoms with van der Waals surface area (Å²) in [5.74, 6) is -0.113. The smallest absolute Gasteiger partial charge is 0.243 e. The molecule has 2 aromatic rings. The van der Waals surface area contributed by atoms with Gasteiger partial charge in [0.15, 0.2) is 0 Å². The minimum Gasteiger partial charge on any atom is -0.349 e. The van der Waals surface area contributed by atoms with Gasteiger partial charge in [-0.1, -0.05) is 47.8 Å². The predicted octanol–water partition coefficient (Wildman–Crippen LogP) is 6.01. The lowest BCUT2D eigenvalue weighted by atomic mass is 9.86. The third kappa shape index (κ3) is 7.07. The molecule has 1 amide bonds. The van der Waals surface area contributed by atoms with Crippen molar-refractivity contribution in [2.24, 2.45) is 0 Å². The summed E-state index contributed by atoms with van der Waals surface area (Å²) in [4.78, 5) is 13.3. The molecule has 0 spiro atoms. The topological polar surface area (TPSA) is 78.5 Å². The van der Waals surface area contributed by atoms with Crippen molar-refractivity contribution in [3.63, 3.8) is 0 Å². The number of carbonyl (C=O) groups is 1. The summed E-state index contributed by atoms with van der Waals surface area (Å²) < 4.78 is 28.3. The second-order valence-corrected chi connectivity index (χ2v) is 13.9. The Morgan fingerprint density at radius 3 is 2.54 bits per heavy atom. The summed E-state index contributed by atoms with van der Waals surface area (Å²) in [6, 6.07) is 10.4. The van der Waals surface area contributed by atoms with Crippen LogP contribution in [0.2, 0.25) is 10.0 Å². The number of hydrogen-bond donors (Lipinski definition) is 2. The van der Waals surface area contributed by atoms with Crippen molar-refractivity contribution in [3.05, 3.63) is 63.1 Å². The highest BCUT2D eigenvalue weighted by Crippen LogP contribution is 2.33. The van der Waals surface area contributed by atoms with E-state index in [1.165, 1.54) is 39.2 Å². The maximum atomic E-state index is 13.4. The standard InChI is InChI=1S/C28H37Cl2N3O3S/c1-28(2,3)31-18-19-10-12-23-20(15-19)7-6-9-26(23)32-27(34)16-21-8-4-5-14-33(21)37(35,36)22-11-13-24(29)25(30)17-22/h10-13,15,17,21,26,31H,4-9,14,16,18H2,1-3H3,(H,32,34). The first-order valence-electron chi connectivity index (χ1n) is 13.1. The molecular formula is C28H37Cl2N3O3S. The quantitative estimate of drug-likeness (QED) is 0.431. The molecule has 2 atom stereocenters. The third-order valence-electron chi connectivity index (χ3n) is 7.17. The Hall–Kier alpha value is -1.64. The number of sulfonamides is 1. The van der Waals surface area contributed by atoms with E-state index in [-0.39, 0.29) is 39.9 Å². The number of rotatable bonds is 7. The SMILES string of the molecule is CC(C)(C)NCc1ccc2c(c1)CCCC2NC(=O)CC1CCCCN1S(=O)(=O)c1ccc(Cl)c(Cl)c1. The molecule has 2 aromatic carbocycles. The molecular weight excluding hydrogens is 529 g/mol. The van der Waals surface area contributed by atoms with E-state index in [2.05, 4.69) is 49.6 Å². The first-order valence-corrected chi connectivity index (χ1v) is 15.3. The average molecular weight is 567 g/mol. The van der Waals surface area contributed by atoms with Crippen LogP contribution in [-0.4, -0.2) is 36.8 Å². The second-order valence-electron chi connectivity index (χ2n) is 11.2. The molecule has 1 aliphatic carbocycles. The van der Waals surface area contributed by atoms with Crippen molar-refractivity contribution < 1.29 is 13.2 Å². The number of halogens is 2. The average Bonchev–Trinajstić information content (AvgIpc) is 2.84. The third-order valence-corrected chi connectivity index (χ3v) is 9.86. The van der Waals surface area contributed by atoms with Gasteiger partial charge in [-0.3, -0.25) is 4.79 Å². The van der Waals surface area contributed by atoms with Crippen molar-refractivity contribution in [3.8, 4) is 0 Å². The number of carbonyl (C=O) groups excluding carboxylic acids is 1. The van der Waals surface area contributed by atoms with Gasteiger partial charge in [0, 0.05) is 31.1 Å². The highest BCUT2D eigenvalue weighted by molar-refractivity contribution is 7.89. The van der Waals surface area contributed by atoms with Gasteiger partial charge in [0.25, 0.3) is 0 Å². The maximum Gasteiger partial charge on any atom is 0.243 e. The van der Waals surface area contributed by atoms with Crippen molar-refractivity contribution in [1.82, 2.24) is 14.9 Å². The molecule has 2 aliphatic rings. The summed E-state index contributed by atoms with van der Waals surface area (Å²) in [6.45, 7) is 7.65. The number of aryl methyl sites for hydroxylation is 1. The monoisotopic (exact) mass is 565 g/mol. The zero-order valence-electron chi connectivity index (χ0n) is 21.8. The van der Waals surface area contributed by atoms with Crippen LogP contribution >= 0.6 is 23.2 Å². The minimum atomic E-state index is -3.79. The molecule has 1 aliphatic heterocycles. The zero-order valence-corrected chi connectivity index (χ0v) is 24.1. The molecule has 0 bridgehead atoms. The Balaban J connectivity index is 1.44. The minimum absolute atomic E-state index is 0.0483. The second kappa shape index (κ2) is 11.6. The van der Waals surface area contributed by atoms with E-state index in [1.54, 1.807) is 0 Å². The van der Waals surface area contributed by atoms with Gasteiger partial charge in [-0.05, 0) is 87.8 Å². The van der Waals surface area contributed by atoms with Gasteiger partial charge in [0.1, 0.15) is 0 Å².